The summed E-state index contributed by atoms with van der Waals surface area (Å²) in [4.78, 5) is 0. The molecule has 2 heterocycles. The maximum absolute atomic E-state index is 2.29. The van der Waals surface area contributed by atoms with Crippen LogP contribution >= 0.6 is 11.3 Å². The molecule has 3 aromatic rings. The number of nitrogens with zero attached hydrogens (tertiary/aromatic N) is 1. The van der Waals surface area contributed by atoms with Crippen LogP contribution in [0.15, 0.2) is 36.5 Å². The molecule has 0 fully saturated rings. The van der Waals surface area contributed by atoms with E-state index >= 15 is 0 Å². The van der Waals surface area contributed by atoms with Crippen LogP contribution in [0.25, 0.3) is 20.2 Å². The average molecular weight is 256 g/mol. The van der Waals surface area contributed by atoms with Gasteiger partial charge in [-0.1, -0.05) is 39.0 Å². The smallest absolute Gasteiger partial charge is 0.195 e. The number of pyridine rings is 1. The second kappa shape index (κ2) is 3.79. The number of aromatic nitrogens is 1. The largest absolute Gasteiger partial charge is 0.204 e. The van der Waals surface area contributed by atoms with Gasteiger partial charge in [-0.05, 0) is 6.07 Å². The molecule has 0 aliphatic rings. The highest BCUT2D eigenvalue weighted by Gasteiger charge is 2.28. The fraction of sp³-hybridized carbons (Fsp3) is 0.312. The number of benzene rings is 1. The zero-order chi connectivity index (χ0) is 12.9. The van der Waals surface area contributed by atoms with Crippen molar-refractivity contribution in [3.05, 3.63) is 42.2 Å². The van der Waals surface area contributed by atoms with E-state index < -0.39 is 0 Å². The molecule has 0 saturated heterocycles. The summed E-state index contributed by atoms with van der Waals surface area (Å²) in [6.07, 6.45) is 2.18. The maximum atomic E-state index is 2.29. The normalized spacial score (nSPS) is 12.4. The van der Waals surface area contributed by atoms with E-state index in [0.29, 0.717) is 0 Å². The number of hydrogen-bond donors (Lipinski definition) is 0. The summed E-state index contributed by atoms with van der Waals surface area (Å²) in [5, 5.41) is 2.81. The zero-order valence-corrected chi connectivity index (χ0v) is 12.1. The van der Waals surface area contributed by atoms with E-state index in [4.69, 9.17) is 0 Å². The lowest BCUT2D eigenvalue weighted by atomic mass is 9.88. The molecule has 0 spiro atoms. The molecule has 0 bridgehead atoms. The Balaban J connectivity index is 2.57. The lowest BCUT2D eigenvalue weighted by molar-refractivity contribution is -0.680. The average Bonchev–Trinajstić information content (AvgIpc) is 2.66. The Morgan fingerprint density at radius 2 is 1.72 bits per heavy atom. The summed E-state index contributed by atoms with van der Waals surface area (Å²) in [6.45, 7) is 6.86. The van der Waals surface area contributed by atoms with Gasteiger partial charge in [0.05, 0.1) is 5.39 Å². The third-order valence-electron chi connectivity index (χ3n) is 3.37. The zero-order valence-electron chi connectivity index (χ0n) is 11.3. The summed E-state index contributed by atoms with van der Waals surface area (Å²) in [6, 6.07) is 10.9. The van der Waals surface area contributed by atoms with Gasteiger partial charge < -0.3 is 0 Å². The van der Waals surface area contributed by atoms with E-state index in [1.54, 1.807) is 0 Å². The van der Waals surface area contributed by atoms with Crippen molar-refractivity contribution in [2.75, 3.05) is 0 Å². The van der Waals surface area contributed by atoms with E-state index in [2.05, 4.69) is 68.9 Å². The number of rotatable bonds is 0. The molecule has 92 valence electrons. The number of hydrogen-bond acceptors (Lipinski definition) is 1. The Bertz CT molecular complexity index is 732. The van der Waals surface area contributed by atoms with Gasteiger partial charge in [-0.25, -0.2) is 4.57 Å². The van der Waals surface area contributed by atoms with Crippen LogP contribution in [0, 0.1) is 0 Å². The Hall–Kier alpha value is -1.41. The van der Waals surface area contributed by atoms with Crippen LogP contribution in [-0.2, 0) is 12.5 Å². The van der Waals surface area contributed by atoms with Gasteiger partial charge in [0.2, 0.25) is 0 Å². The molecule has 2 aromatic heterocycles. The highest BCUT2D eigenvalue weighted by atomic mass is 32.1. The predicted octanol–water partition coefficient (Wildman–Crippen LogP) is 4.18. The Labute approximate surface area is 112 Å². The van der Waals surface area contributed by atoms with Crippen molar-refractivity contribution >= 4 is 31.5 Å². The third kappa shape index (κ3) is 1.64. The van der Waals surface area contributed by atoms with Crippen LogP contribution in [0.3, 0.4) is 0 Å². The molecule has 1 aromatic carbocycles. The molecule has 0 amide bonds. The maximum Gasteiger partial charge on any atom is 0.195 e. The van der Waals surface area contributed by atoms with Gasteiger partial charge in [-0.3, -0.25) is 0 Å². The van der Waals surface area contributed by atoms with E-state index in [1.807, 2.05) is 11.3 Å². The van der Waals surface area contributed by atoms with Gasteiger partial charge >= 0.3 is 0 Å². The van der Waals surface area contributed by atoms with E-state index in [9.17, 15) is 0 Å². The minimum absolute atomic E-state index is 0.151. The molecule has 0 N–H and O–H groups in total. The first kappa shape index (κ1) is 11.7. The molecule has 0 atom stereocenters. The monoisotopic (exact) mass is 256 g/mol. The quantitative estimate of drug-likeness (QED) is 0.531. The van der Waals surface area contributed by atoms with Crippen molar-refractivity contribution in [1.82, 2.24) is 0 Å². The first-order valence-electron chi connectivity index (χ1n) is 6.29. The molecule has 0 aliphatic heterocycles. The number of fused-ring (bicyclic) bond motifs is 3. The number of aryl methyl sites for hydroxylation is 1. The van der Waals surface area contributed by atoms with Gasteiger partial charge in [-0.2, -0.15) is 0 Å². The van der Waals surface area contributed by atoms with E-state index in [-0.39, 0.29) is 5.41 Å². The molecular formula is C16H18NS+. The summed E-state index contributed by atoms with van der Waals surface area (Å²) in [5.74, 6) is 0. The third-order valence-corrected chi connectivity index (χ3v) is 4.51. The van der Waals surface area contributed by atoms with Gasteiger partial charge in [0.1, 0.15) is 7.05 Å². The number of thiophene rings is 1. The van der Waals surface area contributed by atoms with Crippen LogP contribution < -0.4 is 4.57 Å². The minimum atomic E-state index is 0.151. The standard InChI is InChI=1S/C16H18NS/c1-16(2,3)15-14-11-7-5-6-8-12(11)18-13(14)9-10-17(15)4/h5-10H,1-4H3/q+1. The molecule has 0 aliphatic carbocycles. The summed E-state index contributed by atoms with van der Waals surface area (Å²) in [7, 11) is 2.15. The van der Waals surface area contributed by atoms with Gasteiger partial charge in [0.25, 0.3) is 0 Å². The molecule has 0 unspecified atom stereocenters. The van der Waals surface area contributed by atoms with Crippen LogP contribution in [0.5, 0.6) is 0 Å². The van der Waals surface area contributed by atoms with Crippen molar-refractivity contribution in [2.45, 2.75) is 26.2 Å². The fourth-order valence-electron chi connectivity index (χ4n) is 2.76. The molecule has 1 nitrogen and oxygen atoms in total. The van der Waals surface area contributed by atoms with Crippen molar-refractivity contribution in [1.29, 1.82) is 0 Å². The van der Waals surface area contributed by atoms with Crippen molar-refractivity contribution in [2.24, 2.45) is 7.05 Å². The minimum Gasteiger partial charge on any atom is -0.204 e. The van der Waals surface area contributed by atoms with Crippen LogP contribution in [-0.4, -0.2) is 0 Å². The Morgan fingerprint density at radius 1 is 1.00 bits per heavy atom. The molecule has 3 rings (SSSR count). The van der Waals surface area contributed by atoms with E-state index in [0.717, 1.165) is 0 Å². The summed E-state index contributed by atoms with van der Waals surface area (Å²) >= 11 is 1.89. The van der Waals surface area contributed by atoms with Crippen LogP contribution in [0.4, 0.5) is 0 Å². The van der Waals surface area contributed by atoms with Crippen LogP contribution in [0.2, 0.25) is 0 Å². The van der Waals surface area contributed by atoms with Gasteiger partial charge in [0, 0.05) is 26.3 Å². The first-order chi connectivity index (χ1) is 8.48. The van der Waals surface area contributed by atoms with Gasteiger partial charge in [-0.15, -0.1) is 11.3 Å². The molecule has 18 heavy (non-hydrogen) atoms. The lowest BCUT2D eigenvalue weighted by Gasteiger charge is -2.16. The SMILES string of the molecule is C[n+]1ccc2sc3ccccc3c2c1C(C)(C)C. The first-order valence-corrected chi connectivity index (χ1v) is 7.10. The summed E-state index contributed by atoms with van der Waals surface area (Å²) < 4.78 is 5.03. The van der Waals surface area contributed by atoms with Crippen molar-refractivity contribution in [3.8, 4) is 0 Å². The van der Waals surface area contributed by atoms with E-state index in [1.165, 1.54) is 25.9 Å². The highest BCUT2D eigenvalue weighted by molar-refractivity contribution is 7.25. The second-order valence-corrected chi connectivity index (χ2v) is 6.95. The van der Waals surface area contributed by atoms with Crippen LogP contribution in [0.1, 0.15) is 26.5 Å². The van der Waals surface area contributed by atoms with Gasteiger partial charge in [0.15, 0.2) is 11.9 Å². The molecular weight excluding hydrogens is 238 g/mol. The Kier molecular flexibility index (Phi) is 2.46. The Morgan fingerprint density at radius 3 is 2.44 bits per heavy atom. The second-order valence-electron chi connectivity index (χ2n) is 5.86. The fourth-order valence-corrected chi connectivity index (χ4v) is 3.86. The molecule has 0 radical (unpaired) electrons. The molecule has 2 heteroatoms. The molecule has 0 saturated carbocycles. The lowest BCUT2D eigenvalue weighted by Crippen LogP contribution is -2.39. The topological polar surface area (TPSA) is 3.88 Å². The van der Waals surface area contributed by atoms with Crippen molar-refractivity contribution < 1.29 is 4.57 Å². The highest BCUT2D eigenvalue weighted by Crippen LogP contribution is 2.37. The van der Waals surface area contributed by atoms with Crippen molar-refractivity contribution in [3.63, 3.8) is 0 Å². The predicted molar refractivity (Wildman–Crippen MR) is 79.2 cm³/mol. The summed E-state index contributed by atoms with van der Waals surface area (Å²) in [5.41, 5.74) is 1.57.